The van der Waals surface area contributed by atoms with E-state index in [0.29, 0.717) is 5.75 Å². The zero-order valence-electron chi connectivity index (χ0n) is 24.0. The number of rotatable bonds is 8. The Morgan fingerprint density at radius 2 is 1.51 bits per heavy atom. The molecule has 2 aromatic heterocycles. The first-order valence-electron chi connectivity index (χ1n) is 14.0. The summed E-state index contributed by atoms with van der Waals surface area (Å²) < 4.78 is 9.92. The van der Waals surface area contributed by atoms with E-state index in [1.165, 1.54) is 16.5 Å². The summed E-state index contributed by atoms with van der Waals surface area (Å²) in [6, 6.07) is 33.1. The van der Waals surface area contributed by atoms with Gasteiger partial charge < -0.3 is 4.74 Å². The van der Waals surface area contributed by atoms with E-state index in [0.717, 1.165) is 63.6 Å². The summed E-state index contributed by atoms with van der Waals surface area (Å²) in [5, 5.41) is 4.71. The molecule has 0 saturated heterocycles. The molecule has 0 N–H and O–H groups in total. The number of para-hydroxylation sites is 1. The van der Waals surface area contributed by atoms with Crippen molar-refractivity contribution in [2.24, 2.45) is 7.05 Å². The lowest BCUT2D eigenvalue weighted by Crippen LogP contribution is -2.63. The van der Waals surface area contributed by atoms with Crippen molar-refractivity contribution in [2.45, 2.75) is 33.1 Å². The van der Waals surface area contributed by atoms with Gasteiger partial charge in [0.15, 0.2) is 17.2 Å². The molecule has 3 aromatic carbocycles. The summed E-state index contributed by atoms with van der Waals surface area (Å²) in [5.74, 6) is 2.23. The first kappa shape index (κ1) is 26.4. The maximum atomic E-state index is 6.75. The molecule has 0 atom stereocenters. The van der Waals surface area contributed by atoms with Crippen molar-refractivity contribution < 1.29 is 23.7 Å². The zero-order valence-corrected chi connectivity index (χ0v) is 24.0. The molecule has 0 spiro atoms. The van der Waals surface area contributed by atoms with E-state index in [1.807, 2.05) is 41.9 Å². The molecule has 5 aromatic rings. The van der Waals surface area contributed by atoms with Crippen LogP contribution in [-0.2, 0) is 18.3 Å². The summed E-state index contributed by atoms with van der Waals surface area (Å²) >= 11 is 0. The minimum absolute atomic E-state index is 0.664. The van der Waals surface area contributed by atoms with Gasteiger partial charge in [-0.25, -0.2) is 0 Å². The Labute approximate surface area is 240 Å². The Kier molecular flexibility index (Phi) is 7.30. The first-order chi connectivity index (χ1) is 20.0. The van der Waals surface area contributed by atoms with Crippen LogP contribution in [-0.4, -0.2) is 7.11 Å². The predicted molar refractivity (Wildman–Crippen MR) is 160 cm³/mol. The molecule has 0 saturated carbocycles. The molecular formula is C35H35N3O3+2. The van der Waals surface area contributed by atoms with E-state index < -0.39 is 0 Å². The number of benzene rings is 3. The van der Waals surface area contributed by atoms with Gasteiger partial charge in [0, 0.05) is 37.6 Å². The van der Waals surface area contributed by atoms with Gasteiger partial charge in [-0.3, -0.25) is 9.68 Å². The van der Waals surface area contributed by atoms with Crippen LogP contribution in [0.25, 0.3) is 22.7 Å². The Balaban J connectivity index is 1.45. The molecule has 6 rings (SSSR count). The van der Waals surface area contributed by atoms with Gasteiger partial charge in [0.25, 0.3) is 10.9 Å². The molecule has 0 amide bonds. The number of hydrogen-bond donors (Lipinski definition) is 0. The Morgan fingerprint density at radius 1 is 0.756 bits per heavy atom. The SMILES string of the molecule is COc1cccc2ccc(C)[n+](N(OC3=c4c(ccc(C)[n+]4C)=CCC3)Oc3ccc(Cc4ccccc4)cc3)c12. The fraction of sp³-hybridized carbons (Fsp3) is 0.200. The van der Waals surface area contributed by atoms with E-state index in [-0.39, 0.29) is 0 Å². The highest BCUT2D eigenvalue weighted by atomic mass is 17.0. The van der Waals surface area contributed by atoms with Crippen molar-refractivity contribution in [3.63, 3.8) is 0 Å². The van der Waals surface area contributed by atoms with Crippen LogP contribution in [0.15, 0.2) is 97.1 Å². The highest BCUT2D eigenvalue weighted by Crippen LogP contribution is 2.24. The number of aromatic nitrogens is 2. The average Bonchev–Trinajstić information content (AvgIpc) is 3.00. The largest absolute Gasteiger partial charge is 0.490 e. The summed E-state index contributed by atoms with van der Waals surface area (Å²) in [6.45, 7) is 4.14. The Bertz CT molecular complexity index is 1830. The van der Waals surface area contributed by atoms with Crippen LogP contribution in [0.3, 0.4) is 0 Å². The molecular weight excluding hydrogens is 510 g/mol. The maximum Gasteiger partial charge on any atom is 0.291 e. The minimum atomic E-state index is 0.664. The van der Waals surface area contributed by atoms with Crippen LogP contribution in [0.4, 0.5) is 0 Å². The molecule has 6 nitrogen and oxygen atoms in total. The van der Waals surface area contributed by atoms with Gasteiger partial charge in [0.05, 0.1) is 12.5 Å². The van der Waals surface area contributed by atoms with Crippen molar-refractivity contribution in [1.29, 1.82) is 0 Å². The van der Waals surface area contributed by atoms with Crippen LogP contribution in [0.2, 0.25) is 0 Å². The van der Waals surface area contributed by atoms with Crippen LogP contribution in [0.1, 0.15) is 35.4 Å². The van der Waals surface area contributed by atoms with Gasteiger partial charge in [0.2, 0.25) is 16.8 Å². The van der Waals surface area contributed by atoms with Crippen molar-refractivity contribution in [1.82, 2.24) is 0 Å². The fourth-order valence-corrected chi connectivity index (χ4v) is 5.37. The number of hydrogen-bond acceptors (Lipinski definition) is 4. The average molecular weight is 546 g/mol. The van der Waals surface area contributed by atoms with E-state index in [2.05, 4.69) is 91.3 Å². The summed E-state index contributed by atoms with van der Waals surface area (Å²) in [5.41, 5.74) is 5.41. The molecule has 1 aliphatic rings. The van der Waals surface area contributed by atoms with E-state index in [1.54, 1.807) is 7.11 Å². The Morgan fingerprint density at radius 3 is 2.29 bits per heavy atom. The van der Waals surface area contributed by atoms with Crippen molar-refractivity contribution in [3.05, 3.63) is 130 Å². The standard InChI is InChI=1S/C35H35N3O3/c1-25-16-20-29-12-9-15-33(34(29)36(25)3)41-38(37-26(2)17-21-30-13-8-14-32(39-4)35(30)37)40-31-22-18-28(19-23-31)24-27-10-6-5-7-11-27/h5-8,10-14,16-23H,9,15,24H2,1-4H3/q+2. The molecule has 41 heavy (non-hydrogen) atoms. The molecule has 2 heterocycles. The van der Waals surface area contributed by atoms with Crippen LogP contribution in [0.5, 0.6) is 11.5 Å². The third-order valence-electron chi connectivity index (χ3n) is 7.65. The highest BCUT2D eigenvalue weighted by Gasteiger charge is 2.31. The van der Waals surface area contributed by atoms with E-state index in [4.69, 9.17) is 14.4 Å². The van der Waals surface area contributed by atoms with Gasteiger partial charge >= 0.3 is 0 Å². The zero-order chi connectivity index (χ0) is 28.3. The van der Waals surface area contributed by atoms with Gasteiger partial charge in [-0.2, -0.15) is 4.57 Å². The number of fused-ring (bicyclic) bond motifs is 2. The van der Waals surface area contributed by atoms with Gasteiger partial charge in [0.1, 0.15) is 7.05 Å². The molecule has 1 aliphatic carbocycles. The van der Waals surface area contributed by atoms with E-state index >= 15 is 0 Å². The van der Waals surface area contributed by atoms with Crippen LogP contribution >= 0.6 is 0 Å². The second kappa shape index (κ2) is 11.3. The molecule has 0 aliphatic heterocycles. The minimum Gasteiger partial charge on any atom is -0.490 e. The highest BCUT2D eigenvalue weighted by molar-refractivity contribution is 5.81. The summed E-state index contributed by atoms with van der Waals surface area (Å²) in [7, 11) is 3.76. The topological polar surface area (TPSA) is 38.7 Å². The Hall–Kier alpha value is -4.84. The summed E-state index contributed by atoms with van der Waals surface area (Å²) in [6.07, 6.45) is 4.76. The lowest BCUT2D eigenvalue weighted by molar-refractivity contribution is -0.743. The van der Waals surface area contributed by atoms with Gasteiger partial charge in [-0.1, -0.05) is 54.6 Å². The predicted octanol–water partition coefficient (Wildman–Crippen LogP) is 4.41. The van der Waals surface area contributed by atoms with Crippen LogP contribution < -0.4 is 34.7 Å². The van der Waals surface area contributed by atoms with Gasteiger partial charge in [-0.15, -0.1) is 0 Å². The lowest BCUT2D eigenvalue weighted by atomic mass is 10.1. The van der Waals surface area contributed by atoms with Crippen molar-refractivity contribution in [3.8, 4) is 11.5 Å². The van der Waals surface area contributed by atoms with Crippen LogP contribution in [0, 0.1) is 13.8 Å². The van der Waals surface area contributed by atoms with Gasteiger partial charge in [-0.05, 0) is 65.0 Å². The number of ether oxygens (including phenoxy) is 1. The molecule has 6 heteroatoms. The quantitative estimate of drug-likeness (QED) is 0.214. The van der Waals surface area contributed by atoms with E-state index in [9.17, 15) is 0 Å². The summed E-state index contributed by atoms with van der Waals surface area (Å²) in [4.78, 5) is 13.3. The smallest absolute Gasteiger partial charge is 0.291 e. The molecule has 0 fully saturated rings. The second-order valence-corrected chi connectivity index (χ2v) is 10.4. The fourth-order valence-electron chi connectivity index (χ4n) is 5.37. The number of pyridine rings is 2. The molecule has 0 radical (unpaired) electrons. The maximum absolute atomic E-state index is 6.75. The third kappa shape index (κ3) is 5.33. The molecule has 0 unspecified atom stereocenters. The number of aryl methyl sites for hydroxylation is 2. The molecule has 0 bridgehead atoms. The lowest BCUT2D eigenvalue weighted by Gasteiger charge is -2.20. The number of nitrogens with zero attached hydrogens (tertiary/aromatic N) is 3. The van der Waals surface area contributed by atoms with Crippen molar-refractivity contribution >= 4 is 22.7 Å². The number of methoxy groups -OCH3 is 1. The third-order valence-corrected chi connectivity index (χ3v) is 7.65. The van der Waals surface area contributed by atoms with Crippen molar-refractivity contribution in [2.75, 3.05) is 12.4 Å². The normalized spacial score (nSPS) is 12.4. The monoisotopic (exact) mass is 545 g/mol. The second-order valence-electron chi connectivity index (χ2n) is 10.4. The first-order valence-corrected chi connectivity index (χ1v) is 14.0. The molecule has 206 valence electrons.